The van der Waals surface area contributed by atoms with Crippen LogP contribution in [-0.2, 0) is 9.47 Å². The summed E-state index contributed by atoms with van der Waals surface area (Å²) in [6.45, 7) is 12.1. The first kappa shape index (κ1) is 23.5. The van der Waals surface area contributed by atoms with Crippen molar-refractivity contribution in [1.29, 1.82) is 0 Å². The Bertz CT molecular complexity index is 602. The molecule has 0 aliphatic rings. The topological polar surface area (TPSA) is 64.6 Å². The van der Waals surface area contributed by atoms with Gasteiger partial charge in [0.25, 0.3) is 0 Å². The molecule has 1 amide bonds. The second kappa shape index (κ2) is 11.3. The molecule has 1 heterocycles. The van der Waals surface area contributed by atoms with Gasteiger partial charge in [0.05, 0.1) is 12.2 Å². The predicted molar refractivity (Wildman–Crippen MR) is 112 cm³/mol. The summed E-state index contributed by atoms with van der Waals surface area (Å²) < 4.78 is 10.7. The maximum Gasteiger partial charge on any atom is 0.412 e. The van der Waals surface area contributed by atoms with Gasteiger partial charge in [-0.1, -0.05) is 52.9 Å². The minimum absolute atomic E-state index is 0.255. The molecule has 0 bridgehead atoms. The van der Waals surface area contributed by atoms with E-state index in [1.807, 2.05) is 34.6 Å². The van der Waals surface area contributed by atoms with Crippen LogP contribution in [0.15, 0.2) is 6.07 Å². The fraction of sp³-hybridized carbons (Fsp3) is 0.714. The van der Waals surface area contributed by atoms with Gasteiger partial charge in [-0.15, -0.1) is 11.3 Å². The minimum atomic E-state index is -0.591. The van der Waals surface area contributed by atoms with E-state index in [0.29, 0.717) is 17.2 Å². The van der Waals surface area contributed by atoms with Crippen molar-refractivity contribution in [2.75, 3.05) is 11.9 Å². The van der Waals surface area contributed by atoms with Crippen LogP contribution in [0.3, 0.4) is 0 Å². The molecular formula is C21H35NO4S. The molecule has 0 unspecified atom stereocenters. The number of carbonyl (C=O) groups excluding carboxylic acids is 2. The summed E-state index contributed by atoms with van der Waals surface area (Å²) >= 11 is 1.39. The molecular weight excluding hydrogens is 362 g/mol. The maximum atomic E-state index is 12.5. The number of esters is 1. The Labute approximate surface area is 167 Å². The zero-order chi connectivity index (χ0) is 20.4. The lowest BCUT2D eigenvalue weighted by molar-refractivity contribution is 0.00712. The number of nitrogens with one attached hydrogen (secondary N) is 1. The van der Waals surface area contributed by atoms with Gasteiger partial charge in [0.15, 0.2) is 0 Å². The monoisotopic (exact) mass is 397 g/mol. The molecule has 6 heteroatoms. The highest BCUT2D eigenvalue weighted by atomic mass is 32.1. The largest absolute Gasteiger partial charge is 0.456 e. The van der Waals surface area contributed by atoms with Crippen molar-refractivity contribution < 1.29 is 19.1 Å². The highest BCUT2D eigenvalue weighted by molar-refractivity contribution is 7.16. The van der Waals surface area contributed by atoms with Gasteiger partial charge in [-0.2, -0.15) is 0 Å². The smallest absolute Gasteiger partial charge is 0.412 e. The lowest BCUT2D eigenvalue weighted by atomic mass is 10.1. The zero-order valence-corrected chi connectivity index (χ0v) is 18.5. The number of ether oxygens (including phenoxy) is 2. The SMILES string of the molecule is CCCCCCCCOC(=O)Nc1sc(C(C)C)cc1C(=O)OC(C)(C)C. The molecule has 154 valence electrons. The van der Waals surface area contributed by atoms with Gasteiger partial charge in [0, 0.05) is 4.88 Å². The van der Waals surface area contributed by atoms with Crippen LogP contribution >= 0.6 is 11.3 Å². The summed E-state index contributed by atoms with van der Waals surface area (Å²) in [6, 6.07) is 1.80. The van der Waals surface area contributed by atoms with E-state index < -0.39 is 17.7 Å². The zero-order valence-electron chi connectivity index (χ0n) is 17.6. The first-order chi connectivity index (χ1) is 12.6. The van der Waals surface area contributed by atoms with E-state index in [2.05, 4.69) is 12.2 Å². The fourth-order valence-corrected chi connectivity index (χ4v) is 3.48. The van der Waals surface area contributed by atoms with Gasteiger partial charge in [0.1, 0.15) is 10.6 Å². The molecule has 0 aromatic carbocycles. The first-order valence-corrected chi connectivity index (χ1v) is 10.8. The molecule has 27 heavy (non-hydrogen) atoms. The summed E-state index contributed by atoms with van der Waals surface area (Å²) in [7, 11) is 0. The number of rotatable bonds is 10. The van der Waals surface area contributed by atoms with E-state index in [1.165, 1.54) is 37.0 Å². The van der Waals surface area contributed by atoms with Crippen molar-refractivity contribution in [1.82, 2.24) is 0 Å². The Morgan fingerprint density at radius 2 is 1.74 bits per heavy atom. The van der Waals surface area contributed by atoms with Crippen LogP contribution in [0, 0.1) is 0 Å². The highest BCUT2D eigenvalue weighted by Crippen LogP contribution is 2.34. The molecule has 1 N–H and O–H groups in total. The van der Waals surface area contributed by atoms with E-state index >= 15 is 0 Å². The number of unbranched alkanes of at least 4 members (excludes halogenated alkanes) is 5. The van der Waals surface area contributed by atoms with Crippen LogP contribution in [0.2, 0.25) is 0 Å². The van der Waals surface area contributed by atoms with Gasteiger partial charge in [0.2, 0.25) is 0 Å². The molecule has 1 rings (SSSR count). The standard InChI is InChI=1S/C21H35NO4S/c1-7-8-9-10-11-12-13-25-20(24)22-18-16(14-17(27-18)15(2)3)19(23)26-21(4,5)6/h14-15H,7-13H2,1-6H3,(H,22,24). The van der Waals surface area contributed by atoms with E-state index in [0.717, 1.165) is 17.7 Å². The number of amides is 1. The van der Waals surface area contributed by atoms with Crippen molar-refractivity contribution >= 4 is 28.4 Å². The molecule has 0 atom stereocenters. The highest BCUT2D eigenvalue weighted by Gasteiger charge is 2.24. The van der Waals surface area contributed by atoms with E-state index in [4.69, 9.17) is 9.47 Å². The van der Waals surface area contributed by atoms with E-state index in [-0.39, 0.29) is 5.92 Å². The minimum Gasteiger partial charge on any atom is -0.456 e. The molecule has 0 fully saturated rings. The number of hydrogen-bond acceptors (Lipinski definition) is 5. The molecule has 1 aromatic heterocycles. The molecule has 0 spiro atoms. The maximum absolute atomic E-state index is 12.5. The molecule has 0 aliphatic heterocycles. The lowest BCUT2D eigenvalue weighted by Gasteiger charge is -2.19. The van der Waals surface area contributed by atoms with Crippen molar-refractivity contribution in [3.8, 4) is 0 Å². The van der Waals surface area contributed by atoms with Crippen LogP contribution < -0.4 is 5.32 Å². The van der Waals surface area contributed by atoms with E-state index in [9.17, 15) is 9.59 Å². The molecule has 0 radical (unpaired) electrons. The summed E-state index contributed by atoms with van der Waals surface area (Å²) in [5.74, 6) is -0.178. The van der Waals surface area contributed by atoms with Gasteiger partial charge < -0.3 is 9.47 Å². The van der Waals surface area contributed by atoms with Crippen LogP contribution in [0.5, 0.6) is 0 Å². The van der Waals surface area contributed by atoms with Crippen molar-refractivity contribution in [2.24, 2.45) is 0 Å². The number of carbonyl (C=O) groups is 2. The molecule has 1 aromatic rings. The normalized spacial score (nSPS) is 11.5. The number of hydrogen-bond donors (Lipinski definition) is 1. The van der Waals surface area contributed by atoms with Crippen molar-refractivity contribution in [3.63, 3.8) is 0 Å². The van der Waals surface area contributed by atoms with Crippen molar-refractivity contribution in [2.45, 2.75) is 91.6 Å². The molecule has 0 aliphatic carbocycles. The Kier molecular flexibility index (Phi) is 9.84. The van der Waals surface area contributed by atoms with Crippen LogP contribution in [0.25, 0.3) is 0 Å². The lowest BCUT2D eigenvalue weighted by Crippen LogP contribution is -2.24. The van der Waals surface area contributed by atoms with Gasteiger partial charge in [-0.3, -0.25) is 5.32 Å². The van der Waals surface area contributed by atoms with Crippen LogP contribution in [0.4, 0.5) is 9.80 Å². The molecule has 0 saturated carbocycles. The average molecular weight is 398 g/mol. The Balaban J connectivity index is 2.61. The summed E-state index contributed by atoms with van der Waals surface area (Å²) in [6.07, 6.45) is 6.28. The second-order valence-corrected chi connectivity index (χ2v) is 9.16. The predicted octanol–water partition coefficient (Wildman–Crippen LogP) is 6.74. The average Bonchev–Trinajstić information content (AvgIpc) is 2.96. The third kappa shape index (κ3) is 9.27. The first-order valence-electron chi connectivity index (χ1n) is 9.95. The van der Waals surface area contributed by atoms with Gasteiger partial charge in [-0.05, 0) is 39.2 Å². The summed E-state index contributed by atoms with van der Waals surface area (Å²) in [5.41, 5.74) is -0.206. The van der Waals surface area contributed by atoms with Crippen LogP contribution in [0.1, 0.15) is 101 Å². The summed E-state index contributed by atoms with van der Waals surface area (Å²) in [5, 5.41) is 3.21. The second-order valence-electron chi connectivity index (χ2n) is 8.08. The Hall–Kier alpha value is -1.56. The number of thiophene rings is 1. The fourth-order valence-electron chi connectivity index (χ4n) is 2.45. The number of anilines is 1. The summed E-state index contributed by atoms with van der Waals surface area (Å²) in [4.78, 5) is 25.6. The molecule has 5 nitrogen and oxygen atoms in total. The van der Waals surface area contributed by atoms with Crippen molar-refractivity contribution in [3.05, 3.63) is 16.5 Å². The van der Waals surface area contributed by atoms with Gasteiger partial charge >= 0.3 is 12.1 Å². The third-order valence-electron chi connectivity index (χ3n) is 3.89. The van der Waals surface area contributed by atoms with E-state index in [1.54, 1.807) is 6.07 Å². The Morgan fingerprint density at radius 3 is 2.33 bits per heavy atom. The van der Waals surface area contributed by atoms with Gasteiger partial charge in [-0.25, -0.2) is 9.59 Å². The molecule has 0 saturated heterocycles. The Morgan fingerprint density at radius 1 is 1.11 bits per heavy atom. The quantitative estimate of drug-likeness (QED) is 0.351. The van der Waals surface area contributed by atoms with Crippen LogP contribution in [-0.4, -0.2) is 24.3 Å². The third-order valence-corrected chi connectivity index (χ3v) is 5.24.